The van der Waals surface area contributed by atoms with Crippen molar-refractivity contribution < 1.29 is 9.59 Å². The number of piperazine rings is 1. The molecule has 0 radical (unpaired) electrons. The molecule has 4 aromatic rings. The molecule has 3 atom stereocenters. The van der Waals surface area contributed by atoms with E-state index in [2.05, 4.69) is 32.8 Å². The molecule has 3 N–H and O–H groups in total. The van der Waals surface area contributed by atoms with Crippen molar-refractivity contribution in [1.29, 1.82) is 0 Å². The number of carbonyl (C=O) groups is 2. The number of H-pyrrole nitrogens is 1. The lowest BCUT2D eigenvalue weighted by atomic mass is 10.0. The molecule has 2 fully saturated rings. The van der Waals surface area contributed by atoms with Gasteiger partial charge >= 0.3 is 0 Å². The average molecular weight is 469 g/mol. The maximum absolute atomic E-state index is 13.3. The highest BCUT2D eigenvalue weighted by molar-refractivity contribution is 5.98. The van der Waals surface area contributed by atoms with Gasteiger partial charge in [-0.2, -0.15) is 5.10 Å². The van der Waals surface area contributed by atoms with Crippen LogP contribution in [0.15, 0.2) is 67.0 Å². The van der Waals surface area contributed by atoms with Gasteiger partial charge in [-0.25, -0.2) is 0 Å². The zero-order valence-corrected chi connectivity index (χ0v) is 19.6. The van der Waals surface area contributed by atoms with Crippen molar-refractivity contribution in [2.75, 3.05) is 6.54 Å². The normalized spacial score (nSPS) is 22.0. The monoisotopic (exact) mass is 468 g/mol. The number of fused-ring (bicyclic) bond motifs is 2. The highest BCUT2D eigenvalue weighted by Crippen LogP contribution is 2.27. The van der Waals surface area contributed by atoms with E-state index >= 15 is 0 Å². The van der Waals surface area contributed by atoms with Crippen LogP contribution < -0.4 is 10.6 Å². The summed E-state index contributed by atoms with van der Waals surface area (Å²) in [6.45, 7) is 1.15. The van der Waals surface area contributed by atoms with Crippen LogP contribution in [0.1, 0.15) is 17.5 Å². The first-order valence-corrected chi connectivity index (χ1v) is 12.0. The molecule has 0 saturated carbocycles. The number of aromatic amines is 1. The molecule has 2 aliphatic heterocycles. The van der Waals surface area contributed by atoms with Gasteiger partial charge in [-0.15, -0.1) is 0 Å². The molecule has 0 spiro atoms. The average Bonchev–Trinajstić information content (AvgIpc) is 3.59. The number of benzene rings is 2. The van der Waals surface area contributed by atoms with E-state index in [9.17, 15) is 9.59 Å². The number of rotatable bonds is 6. The maximum atomic E-state index is 13.3. The summed E-state index contributed by atoms with van der Waals surface area (Å²) in [6.07, 6.45) is 5.04. The number of aryl methyl sites for hydroxylation is 1. The van der Waals surface area contributed by atoms with Crippen molar-refractivity contribution >= 4 is 22.7 Å². The van der Waals surface area contributed by atoms with Crippen LogP contribution in [-0.4, -0.2) is 56.1 Å². The molecule has 2 saturated heterocycles. The van der Waals surface area contributed by atoms with Crippen LogP contribution >= 0.6 is 0 Å². The molecule has 178 valence electrons. The van der Waals surface area contributed by atoms with Crippen molar-refractivity contribution in [2.45, 2.75) is 37.5 Å². The van der Waals surface area contributed by atoms with E-state index < -0.39 is 12.1 Å². The summed E-state index contributed by atoms with van der Waals surface area (Å²) in [4.78, 5) is 31.3. The Morgan fingerprint density at radius 3 is 2.71 bits per heavy atom. The fraction of sp³-hybridized carbons (Fsp3) is 0.296. The largest absolute Gasteiger partial charge is 0.361 e. The first-order valence-electron chi connectivity index (χ1n) is 12.0. The molecule has 0 bridgehead atoms. The standard InChI is InChI=1S/C27H28N6O2/c1-32-15-19(25(31-32)17-7-3-2-4-8-17)14-28-20-12-24-26(34)30-23(27(35)33(24)16-20)11-18-13-29-22-10-6-5-9-21(18)22/h2-10,13,15,20,23-24,28-29H,11-12,14,16H2,1H3,(H,30,34)/t20-,23-,24-/m0/s1. The fourth-order valence-corrected chi connectivity index (χ4v) is 5.42. The van der Waals surface area contributed by atoms with Crippen molar-refractivity contribution in [3.63, 3.8) is 0 Å². The lowest BCUT2D eigenvalue weighted by Crippen LogP contribution is -2.61. The van der Waals surface area contributed by atoms with E-state index in [1.54, 1.807) is 4.90 Å². The number of hydrogen-bond acceptors (Lipinski definition) is 4. The van der Waals surface area contributed by atoms with Crippen molar-refractivity contribution in [1.82, 2.24) is 30.3 Å². The predicted octanol–water partition coefficient (Wildman–Crippen LogP) is 2.37. The van der Waals surface area contributed by atoms with Gasteiger partial charge in [0.2, 0.25) is 11.8 Å². The topological polar surface area (TPSA) is 95.0 Å². The summed E-state index contributed by atoms with van der Waals surface area (Å²) in [5.74, 6) is -0.0689. The lowest BCUT2D eigenvalue weighted by molar-refractivity contribution is -0.146. The van der Waals surface area contributed by atoms with Gasteiger partial charge in [0.1, 0.15) is 12.1 Å². The van der Waals surface area contributed by atoms with Crippen LogP contribution in [0.5, 0.6) is 0 Å². The number of amides is 2. The highest BCUT2D eigenvalue weighted by atomic mass is 16.2. The molecule has 8 nitrogen and oxygen atoms in total. The molecule has 8 heteroatoms. The summed E-state index contributed by atoms with van der Waals surface area (Å²) in [5, 5.41) is 12.3. The third kappa shape index (κ3) is 4.00. The summed E-state index contributed by atoms with van der Waals surface area (Å²) >= 11 is 0. The Morgan fingerprint density at radius 2 is 1.86 bits per heavy atom. The Balaban J connectivity index is 1.14. The predicted molar refractivity (Wildman–Crippen MR) is 133 cm³/mol. The molecule has 4 heterocycles. The van der Waals surface area contributed by atoms with E-state index in [1.165, 1.54) is 0 Å². The molecule has 2 aromatic heterocycles. The second kappa shape index (κ2) is 8.70. The van der Waals surface area contributed by atoms with Crippen LogP contribution in [0.2, 0.25) is 0 Å². The van der Waals surface area contributed by atoms with Gasteiger partial charge in [0.25, 0.3) is 0 Å². The summed E-state index contributed by atoms with van der Waals surface area (Å²) in [6, 6.07) is 17.2. The summed E-state index contributed by atoms with van der Waals surface area (Å²) < 4.78 is 1.82. The van der Waals surface area contributed by atoms with Gasteiger partial charge in [-0.3, -0.25) is 14.3 Å². The number of nitrogens with zero attached hydrogens (tertiary/aromatic N) is 3. The molecule has 6 rings (SSSR count). The van der Waals surface area contributed by atoms with Crippen LogP contribution in [0, 0.1) is 0 Å². The smallest absolute Gasteiger partial charge is 0.246 e. The van der Waals surface area contributed by atoms with E-state index in [1.807, 2.05) is 66.6 Å². The second-order valence-electron chi connectivity index (χ2n) is 9.49. The number of hydrogen-bond donors (Lipinski definition) is 3. The van der Waals surface area contributed by atoms with E-state index in [0.717, 1.165) is 33.3 Å². The van der Waals surface area contributed by atoms with Crippen molar-refractivity contribution in [2.24, 2.45) is 7.05 Å². The van der Waals surface area contributed by atoms with E-state index in [0.29, 0.717) is 25.9 Å². The van der Waals surface area contributed by atoms with E-state index in [-0.39, 0.29) is 17.9 Å². The second-order valence-corrected chi connectivity index (χ2v) is 9.49. The summed E-state index contributed by atoms with van der Waals surface area (Å²) in [7, 11) is 1.92. The third-order valence-electron chi connectivity index (χ3n) is 7.13. The van der Waals surface area contributed by atoms with Crippen LogP contribution in [0.4, 0.5) is 0 Å². The molecular weight excluding hydrogens is 440 g/mol. The number of para-hydroxylation sites is 1. The highest BCUT2D eigenvalue weighted by Gasteiger charge is 2.46. The van der Waals surface area contributed by atoms with Gasteiger partial charge < -0.3 is 20.5 Å². The molecule has 2 aliphatic rings. The molecule has 0 aliphatic carbocycles. The first-order chi connectivity index (χ1) is 17.1. The Bertz CT molecular complexity index is 1390. The van der Waals surface area contributed by atoms with Gasteiger partial charge in [-0.1, -0.05) is 48.5 Å². The van der Waals surface area contributed by atoms with Crippen LogP contribution in [0.25, 0.3) is 22.2 Å². The van der Waals surface area contributed by atoms with Crippen LogP contribution in [0.3, 0.4) is 0 Å². The minimum atomic E-state index is -0.542. The first kappa shape index (κ1) is 21.6. The number of nitrogens with one attached hydrogen (secondary N) is 3. The minimum Gasteiger partial charge on any atom is -0.361 e. The zero-order chi connectivity index (χ0) is 23.9. The van der Waals surface area contributed by atoms with Gasteiger partial charge in [-0.05, 0) is 18.1 Å². The van der Waals surface area contributed by atoms with Crippen LogP contribution in [-0.2, 0) is 29.6 Å². The maximum Gasteiger partial charge on any atom is 0.246 e. The molecule has 35 heavy (non-hydrogen) atoms. The lowest BCUT2D eigenvalue weighted by Gasteiger charge is -2.34. The summed E-state index contributed by atoms with van der Waals surface area (Å²) in [5.41, 5.74) is 5.19. The quantitative estimate of drug-likeness (QED) is 0.405. The molecule has 2 aromatic carbocycles. The Labute approximate surface area is 203 Å². The van der Waals surface area contributed by atoms with Gasteiger partial charge in [0, 0.05) is 67.0 Å². The van der Waals surface area contributed by atoms with E-state index in [4.69, 9.17) is 0 Å². The van der Waals surface area contributed by atoms with Crippen molar-refractivity contribution in [3.05, 3.63) is 78.1 Å². The fourth-order valence-electron chi connectivity index (χ4n) is 5.42. The SMILES string of the molecule is Cn1cc(CN[C@H]2C[C@H]3C(=O)N[C@@H](Cc4c[nH]c5ccccc45)C(=O)N3C2)c(-c2ccccc2)n1. The van der Waals surface area contributed by atoms with Crippen molar-refractivity contribution in [3.8, 4) is 11.3 Å². The molecule has 0 unspecified atom stereocenters. The Hall–Kier alpha value is -3.91. The third-order valence-corrected chi connectivity index (χ3v) is 7.13. The Kier molecular flexibility index (Phi) is 5.37. The van der Waals surface area contributed by atoms with Gasteiger partial charge in [0.05, 0.1) is 5.69 Å². The number of carbonyl (C=O) groups excluding carboxylic acids is 2. The molecule has 2 amide bonds. The minimum absolute atomic E-state index is 0.00414. The zero-order valence-electron chi connectivity index (χ0n) is 19.6. The number of aromatic nitrogens is 3. The van der Waals surface area contributed by atoms with Gasteiger partial charge in [0.15, 0.2) is 0 Å². The molecular formula is C27H28N6O2. The Morgan fingerprint density at radius 1 is 1.06 bits per heavy atom.